The van der Waals surface area contributed by atoms with Crippen LogP contribution in [-0.4, -0.2) is 52.4 Å². The summed E-state index contributed by atoms with van der Waals surface area (Å²) in [4.78, 5) is 37.5. The highest BCUT2D eigenvalue weighted by molar-refractivity contribution is 6.06. The molecule has 0 N–H and O–H groups in total. The quantitative estimate of drug-likeness (QED) is 0.570. The summed E-state index contributed by atoms with van der Waals surface area (Å²) in [6, 6.07) is 2.25. The average Bonchev–Trinajstić information content (AvgIpc) is 2.65. The molecule has 9 heteroatoms. The minimum atomic E-state index is -0.848. The molecule has 2 rings (SSSR count). The Hall–Kier alpha value is -2.94. The van der Waals surface area contributed by atoms with Crippen LogP contribution in [0.4, 0.5) is 10.1 Å². The Morgan fingerprint density at radius 2 is 1.77 bits per heavy atom. The number of hydrogen-bond acceptors (Lipinski definition) is 8. The third-order valence-electron chi connectivity index (χ3n) is 3.77. The van der Waals surface area contributed by atoms with Crippen molar-refractivity contribution in [3.63, 3.8) is 0 Å². The second-order valence-electron chi connectivity index (χ2n) is 5.28. The van der Waals surface area contributed by atoms with Gasteiger partial charge in [0.1, 0.15) is 12.4 Å². The second kappa shape index (κ2) is 7.96. The zero-order valence-electron chi connectivity index (χ0n) is 14.8. The van der Waals surface area contributed by atoms with Crippen molar-refractivity contribution in [1.29, 1.82) is 0 Å². The molecule has 1 aromatic carbocycles. The molecule has 0 saturated heterocycles. The summed E-state index contributed by atoms with van der Waals surface area (Å²) in [6.45, 7) is 0.891. The van der Waals surface area contributed by atoms with Crippen LogP contribution in [0, 0.1) is 5.82 Å². The first-order valence-electron chi connectivity index (χ1n) is 7.49. The molecule has 26 heavy (non-hydrogen) atoms. The van der Waals surface area contributed by atoms with Gasteiger partial charge in [0.05, 0.1) is 39.2 Å². The van der Waals surface area contributed by atoms with Crippen molar-refractivity contribution >= 4 is 23.4 Å². The van der Waals surface area contributed by atoms with Crippen LogP contribution in [0.1, 0.15) is 17.3 Å². The van der Waals surface area contributed by atoms with Gasteiger partial charge in [0.2, 0.25) is 0 Å². The van der Waals surface area contributed by atoms with Crippen LogP contribution < -0.4 is 9.64 Å². The largest absolute Gasteiger partial charge is 0.494 e. The number of carbonyl (C=O) groups excluding carboxylic acids is 3. The highest BCUT2D eigenvalue weighted by atomic mass is 19.1. The molecule has 0 atom stereocenters. The number of rotatable bonds is 5. The summed E-state index contributed by atoms with van der Waals surface area (Å²) >= 11 is 0. The van der Waals surface area contributed by atoms with Crippen molar-refractivity contribution in [1.82, 2.24) is 0 Å². The van der Waals surface area contributed by atoms with E-state index in [1.165, 1.54) is 25.0 Å². The maximum atomic E-state index is 14.3. The fraction of sp³-hybridized carbons (Fsp3) is 0.353. The number of esters is 2. The van der Waals surface area contributed by atoms with Crippen LogP contribution in [0.5, 0.6) is 5.75 Å². The van der Waals surface area contributed by atoms with Gasteiger partial charge in [0.25, 0.3) is 0 Å². The Bertz CT molecular complexity index is 788. The predicted molar refractivity (Wildman–Crippen MR) is 87.3 cm³/mol. The van der Waals surface area contributed by atoms with Gasteiger partial charge in [-0.25, -0.2) is 14.0 Å². The standard InChI is InChI=1S/C17H18FNO7/c1-9(20)10-5-14(23-2)12(18)6-13(10)19-8-26-7-11(16(21)24-3)15(19)17(22)25-4/h5-6H,7-8H2,1-4H3. The van der Waals surface area contributed by atoms with Gasteiger partial charge in [-0.1, -0.05) is 0 Å². The Morgan fingerprint density at radius 1 is 1.12 bits per heavy atom. The summed E-state index contributed by atoms with van der Waals surface area (Å²) in [6.07, 6.45) is 0. The van der Waals surface area contributed by atoms with E-state index in [0.717, 1.165) is 20.3 Å². The number of nitrogens with zero attached hydrogens (tertiary/aromatic N) is 1. The van der Waals surface area contributed by atoms with E-state index in [-0.39, 0.29) is 41.6 Å². The number of anilines is 1. The van der Waals surface area contributed by atoms with Gasteiger partial charge in [-0.2, -0.15) is 0 Å². The van der Waals surface area contributed by atoms with Crippen LogP contribution >= 0.6 is 0 Å². The van der Waals surface area contributed by atoms with Crippen molar-refractivity contribution in [2.75, 3.05) is 39.6 Å². The molecule has 0 fully saturated rings. The Morgan fingerprint density at radius 3 is 2.31 bits per heavy atom. The maximum Gasteiger partial charge on any atom is 0.355 e. The van der Waals surface area contributed by atoms with E-state index in [9.17, 15) is 18.8 Å². The molecule has 0 aliphatic carbocycles. The van der Waals surface area contributed by atoms with Gasteiger partial charge in [-0.3, -0.25) is 4.79 Å². The van der Waals surface area contributed by atoms with Gasteiger partial charge in [-0.15, -0.1) is 0 Å². The van der Waals surface area contributed by atoms with E-state index in [1.807, 2.05) is 0 Å². The van der Waals surface area contributed by atoms with E-state index < -0.39 is 23.5 Å². The molecular weight excluding hydrogens is 349 g/mol. The van der Waals surface area contributed by atoms with E-state index in [0.29, 0.717) is 0 Å². The Kier molecular flexibility index (Phi) is 5.93. The van der Waals surface area contributed by atoms with Crippen LogP contribution in [-0.2, 0) is 23.8 Å². The predicted octanol–water partition coefficient (Wildman–Crippen LogP) is 1.43. The number of carbonyl (C=O) groups is 3. The molecule has 1 aliphatic heterocycles. The zero-order chi connectivity index (χ0) is 19.4. The lowest BCUT2D eigenvalue weighted by molar-refractivity contribution is -0.140. The van der Waals surface area contributed by atoms with E-state index in [4.69, 9.17) is 14.2 Å². The van der Waals surface area contributed by atoms with E-state index in [1.54, 1.807) is 0 Å². The molecule has 1 heterocycles. The fourth-order valence-electron chi connectivity index (χ4n) is 2.54. The monoisotopic (exact) mass is 367 g/mol. The normalized spacial score (nSPS) is 14.1. The van der Waals surface area contributed by atoms with Gasteiger partial charge in [0, 0.05) is 11.6 Å². The summed E-state index contributed by atoms with van der Waals surface area (Å²) in [5.41, 5.74) is -0.161. The van der Waals surface area contributed by atoms with E-state index in [2.05, 4.69) is 4.74 Å². The first kappa shape index (κ1) is 19.4. The van der Waals surface area contributed by atoms with Gasteiger partial charge < -0.3 is 23.8 Å². The SMILES string of the molecule is COC(=O)C1=C(C(=O)OC)N(c2cc(F)c(OC)cc2C(C)=O)COC1. The van der Waals surface area contributed by atoms with Crippen LogP contribution in [0.15, 0.2) is 23.4 Å². The summed E-state index contributed by atoms with van der Waals surface area (Å²) < 4.78 is 33.9. The molecule has 0 unspecified atom stereocenters. The first-order valence-corrected chi connectivity index (χ1v) is 7.49. The number of methoxy groups -OCH3 is 3. The van der Waals surface area contributed by atoms with Crippen molar-refractivity contribution in [3.05, 3.63) is 34.8 Å². The summed E-state index contributed by atoms with van der Waals surface area (Å²) in [7, 11) is 3.55. The third-order valence-corrected chi connectivity index (χ3v) is 3.77. The molecule has 1 aliphatic rings. The number of ketones is 1. The van der Waals surface area contributed by atoms with Crippen molar-refractivity contribution in [3.8, 4) is 5.75 Å². The maximum absolute atomic E-state index is 14.3. The molecular formula is C17H18FNO7. The third kappa shape index (κ3) is 3.52. The van der Waals surface area contributed by atoms with Gasteiger partial charge >= 0.3 is 11.9 Å². The molecule has 0 aromatic heterocycles. The van der Waals surface area contributed by atoms with E-state index >= 15 is 0 Å². The first-order chi connectivity index (χ1) is 12.3. The lowest BCUT2D eigenvalue weighted by Crippen LogP contribution is -2.39. The van der Waals surface area contributed by atoms with Gasteiger partial charge in [-0.05, 0) is 13.0 Å². The molecule has 1 aromatic rings. The highest BCUT2D eigenvalue weighted by Crippen LogP contribution is 2.34. The molecule has 0 bridgehead atoms. The number of hydrogen-bond donors (Lipinski definition) is 0. The molecule has 0 amide bonds. The average molecular weight is 367 g/mol. The molecule has 0 radical (unpaired) electrons. The fourth-order valence-corrected chi connectivity index (χ4v) is 2.54. The minimum Gasteiger partial charge on any atom is -0.494 e. The van der Waals surface area contributed by atoms with Crippen LogP contribution in [0.2, 0.25) is 0 Å². The van der Waals surface area contributed by atoms with Crippen molar-refractivity contribution in [2.24, 2.45) is 0 Å². The molecule has 0 saturated carbocycles. The number of halogens is 1. The Labute approximate surface area is 149 Å². The molecule has 0 spiro atoms. The lowest BCUT2D eigenvalue weighted by Gasteiger charge is -2.32. The van der Waals surface area contributed by atoms with Crippen LogP contribution in [0.3, 0.4) is 0 Å². The zero-order valence-corrected chi connectivity index (χ0v) is 14.8. The van der Waals surface area contributed by atoms with Crippen molar-refractivity contribution < 1.29 is 37.7 Å². The smallest absolute Gasteiger partial charge is 0.355 e. The summed E-state index contributed by atoms with van der Waals surface area (Å²) in [5, 5.41) is 0. The van der Waals surface area contributed by atoms with Gasteiger partial charge in [0.15, 0.2) is 17.3 Å². The number of ether oxygens (including phenoxy) is 4. The molecule has 8 nitrogen and oxygen atoms in total. The molecule has 140 valence electrons. The second-order valence-corrected chi connectivity index (χ2v) is 5.28. The van der Waals surface area contributed by atoms with Crippen LogP contribution in [0.25, 0.3) is 0 Å². The Balaban J connectivity index is 2.72. The number of benzene rings is 1. The minimum absolute atomic E-state index is 0.0392. The topological polar surface area (TPSA) is 91.4 Å². The highest BCUT2D eigenvalue weighted by Gasteiger charge is 2.34. The lowest BCUT2D eigenvalue weighted by atomic mass is 10.1. The number of Topliss-reactive ketones (excluding diaryl/α,β-unsaturated/α-hetero) is 1. The summed E-state index contributed by atoms with van der Waals surface area (Å²) in [5.74, 6) is -2.92. The van der Waals surface area contributed by atoms with Crippen molar-refractivity contribution in [2.45, 2.75) is 6.92 Å².